The molecule has 2 aromatic carbocycles. The number of esters is 1. The van der Waals surface area contributed by atoms with Crippen LogP contribution in [-0.4, -0.2) is 20.2 Å². The monoisotopic (exact) mass is 286 g/mol. The molecule has 0 fully saturated rings. The Labute approximate surface area is 123 Å². The van der Waals surface area contributed by atoms with Crippen LogP contribution in [0.4, 0.5) is 11.4 Å². The average molecular weight is 286 g/mol. The fourth-order valence-electron chi connectivity index (χ4n) is 1.95. The van der Waals surface area contributed by atoms with E-state index >= 15 is 0 Å². The van der Waals surface area contributed by atoms with Gasteiger partial charge >= 0.3 is 5.97 Å². The molecule has 0 aromatic heterocycles. The highest BCUT2D eigenvalue weighted by atomic mass is 16.5. The van der Waals surface area contributed by atoms with Gasteiger partial charge in [-0.3, -0.25) is 0 Å². The maximum absolute atomic E-state index is 11.5. The van der Waals surface area contributed by atoms with Crippen molar-refractivity contribution in [1.82, 2.24) is 0 Å². The third kappa shape index (κ3) is 3.66. The number of hydrogen-bond acceptors (Lipinski definition) is 5. The smallest absolute Gasteiger partial charge is 0.337 e. The SMILES string of the molecule is COC(=O)c1cccc(CNc2ccc(OC)cc2N)c1. The minimum Gasteiger partial charge on any atom is -0.497 e. The second-order valence-corrected chi connectivity index (χ2v) is 4.50. The molecule has 0 atom stereocenters. The van der Waals surface area contributed by atoms with Gasteiger partial charge in [-0.25, -0.2) is 4.79 Å². The van der Waals surface area contributed by atoms with Gasteiger partial charge in [0.15, 0.2) is 0 Å². The summed E-state index contributed by atoms with van der Waals surface area (Å²) >= 11 is 0. The lowest BCUT2D eigenvalue weighted by atomic mass is 10.1. The van der Waals surface area contributed by atoms with Gasteiger partial charge in [0, 0.05) is 12.6 Å². The van der Waals surface area contributed by atoms with Gasteiger partial charge in [-0.15, -0.1) is 0 Å². The van der Waals surface area contributed by atoms with Gasteiger partial charge in [-0.1, -0.05) is 12.1 Å². The summed E-state index contributed by atoms with van der Waals surface area (Å²) in [6.45, 7) is 0.557. The summed E-state index contributed by atoms with van der Waals surface area (Å²) in [6.07, 6.45) is 0. The van der Waals surface area contributed by atoms with Crippen molar-refractivity contribution in [2.45, 2.75) is 6.54 Å². The Hall–Kier alpha value is -2.69. The number of anilines is 2. The Bertz CT molecular complexity index is 641. The number of methoxy groups -OCH3 is 2. The molecule has 0 unspecified atom stereocenters. The quantitative estimate of drug-likeness (QED) is 0.653. The first-order chi connectivity index (χ1) is 10.1. The molecule has 5 heteroatoms. The number of nitrogen functional groups attached to an aromatic ring is 1. The highest BCUT2D eigenvalue weighted by Crippen LogP contribution is 2.24. The van der Waals surface area contributed by atoms with Crippen LogP contribution in [0.5, 0.6) is 5.75 Å². The van der Waals surface area contributed by atoms with Crippen LogP contribution in [0.2, 0.25) is 0 Å². The first kappa shape index (κ1) is 14.7. The van der Waals surface area contributed by atoms with E-state index in [0.717, 1.165) is 11.3 Å². The van der Waals surface area contributed by atoms with Gasteiger partial charge in [0.2, 0.25) is 0 Å². The molecule has 0 aliphatic carbocycles. The first-order valence-corrected chi connectivity index (χ1v) is 6.48. The van der Waals surface area contributed by atoms with E-state index in [9.17, 15) is 4.79 Å². The van der Waals surface area contributed by atoms with E-state index in [-0.39, 0.29) is 5.97 Å². The van der Waals surface area contributed by atoms with Gasteiger partial charge in [0.1, 0.15) is 5.75 Å². The van der Waals surface area contributed by atoms with Crippen molar-refractivity contribution >= 4 is 17.3 Å². The lowest BCUT2D eigenvalue weighted by Gasteiger charge is -2.11. The predicted octanol–water partition coefficient (Wildman–Crippen LogP) is 2.68. The minimum atomic E-state index is -0.346. The number of nitrogens with one attached hydrogen (secondary N) is 1. The van der Waals surface area contributed by atoms with Crippen LogP contribution in [0.1, 0.15) is 15.9 Å². The summed E-state index contributed by atoms with van der Waals surface area (Å²) < 4.78 is 9.81. The normalized spacial score (nSPS) is 10.0. The molecule has 0 spiro atoms. The standard InChI is InChI=1S/C16H18N2O3/c1-20-13-6-7-15(14(17)9-13)18-10-11-4-3-5-12(8-11)16(19)21-2/h3-9,18H,10,17H2,1-2H3. The largest absolute Gasteiger partial charge is 0.497 e. The van der Waals surface area contributed by atoms with Crippen molar-refractivity contribution < 1.29 is 14.3 Å². The number of benzene rings is 2. The molecule has 2 aromatic rings. The molecule has 21 heavy (non-hydrogen) atoms. The van der Waals surface area contributed by atoms with Crippen molar-refractivity contribution in [3.8, 4) is 5.75 Å². The third-order valence-corrected chi connectivity index (χ3v) is 3.09. The molecule has 0 saturated heterocycles. The summed E-state index contributed by atoms with van der Waals surface area (Å²) in [5, 5.41) is 3.23. The van der Waals surface area contributed by atoms with Gasteiger partial charge in [0.05, 0.1) is 31.2 Å². The van der Waals surface area contributed by atoms with Crippen molar-refractivity contribution in [2.24, 2.45) is 0 Å². The maximum Gasteiger partial charge on any atom is 0.337 e. The van der Waals surface area contributed by atoms with Crippen LogP contribution in [0.15, 0.2) is 42.5 Å². The topological polar surface area (TPSA) is 73.6 Å². The minimum absolute atomic E-state index is 0.346. The molecular weight excluding hydrogens is 268 g/mol. The highest BCUT2D eigenvalue weighted by molar-refractivity contribution is 5.89. The van der Waals surface area contributed by atoms with Gasteiger partial charge in [-0.2, -0.15) is 0 Å². The zero-order valence-electron chi connectivity index (χ0n) is 12.1. The predicted molar refractivity (Wildman–Crippen MR) is 82.5 cm³/mol. The van der Waals surface area contributed by atoms with Gasteiger partial charge in [0.25, 0.3) is 0 Å². The zero-order valence-corrected chi connectivity index (χ0v) is 12.1. The molecule has 3 N–H and O–H groups in total. The van der Waals surface area contributed by atoms with Crippen molar-refractivity contribution in [3.05, 3.63) is 53.6 Å². The summed E-state index contributed by atoms with van der Waals surface area (Å²) in [7, 11) is 2.96. The second-order valence-electron chi connectivity index (χ2n) is 4.50. The molecule has 2 rings (SSSR count). The molecule has 0 aliphatic rings. The summed E-state index contributed by atoms with van der Waals surface area (Å²) in [6, 6.07) is 12.7. The number of carbonyl (C=O) groups excluding carboxylic acids is 1. The van der Waals surface area contributed by atoms with E-state index in [1.54, 1.807) is 25.3 Å². The molecule has 0 radical (unpaired) electrons. The number of nitrogens with two attached hydrogens (primary N) is 1. The first-order valence-electron chi connectivity index (χ1n) is 6.48. The second kappa shape index (κ2) is 6.65. The van der Waals surface area contributed by atoms with E-state index in [1.807, 2.05) is 24.3 Å². The third-order valence-electron chi connectivity index (χ3n) is 3.09. The molecule has 0 amide bonds. The fourth-order valence-corrected chi connectivity index (χ4v) is 1.95. The van der Waals surface area contributed by atoms with Crippen molar-refractivity contribution in [2.75, 3.05) is 25.3 Å². The molecule has 5 nitrogen and oxygen atoms in total. The van der Waals surface area contributed by atoms with E-state index in [1.165, 1.54) is 7.11 Å². The van der Waals surface area contributed by atoms with Crippen LogP contribution in [0.3, 0.4) is 0 Å². The lowest BCUT2D eigenvalue weighted by molar-refractivity contribution is 0.0600. The Kier molecular flexibility index (Phi) is 4.66. The molecule has 0 bridgehead atoms. The van der Waals surface area contributed by atoms with Crippen molar-refractivity contribution in [1.29, 1.82) is 0 Å². The van der Waals surface area contributed by atoms with Crippen LogP contribution >= 0.6 is 0 Å². The molecule has 110 valence electrons. The lowest BCUT2D eigenvalue weighted by Crippen LogP contribution is -2.05. The van der Waals surface area contributed by atoms with E-state index in [0.29, 0.717) is 23.5 Å². The molecule has 0 saturated carbocycles. The van der Waals surface area contributed by atoms with E-state index < -0.39 is 0 Å². The average Bonchev–Trinajstić information content (AvgIpc) is 2.53. The van der Waals surface area contributed by atoms with Crippen molar-refractivity contribution in [3.63, 3.8) is 0 Å². The van der Waals surface area contributed by atoms with Crippen LogP contribution < -0.4 is 15.8 Å². The van der Waals surface area contributed by atoms with E-state index in [2.05, 4.69) is 5.32 Å². The van der Waals surface area contributed by atoms with Crippen LogP contribution in [0, 0.1) is 0 Å². The Morgan fingerprint density at radius 2 is 2.00 bits per heavy atom. The zero-order chi connectivity index (χ0) is 15.2. The number of hydrogen-bond donors (Lipinski definition) is 2. The maximum atomic E-state index is 11.5. The van der Waals surface area contributed by atoms with Gasteiger partial charge in [-0.05, 0) is 29.8 Å². The highest BCUT2D eigenvalue weighted by Gasteiger charge is 2.06. The van der Waals surface area contributed by atoms with Crippen LogP contribution in [0.25, 0.3) is 0 Å². The summed E-state index contributed by atoms with van der Waals surface area (Å²) in [5.41, 5.74) is 8.87. The Balaban J connectivity index is 2.08. The molecular formula is C16H18N2O3. The van der Waals surface area contributed by atoms with E-state index in [4.69, 9.17) is 15.2 Å². The summed E-state index contributed by atoms with van der Waals surface area (Å²) in [5.74, 6) is 0.367. The fraction of sp³-hybridized carbons (Fsp3) is 0.188. The van der Waals surface area contributed by atoms with Crippen LogP contribution in [-0.2, 0) is 11.3 Å². The summed E-state index contributed by atoms with van der Waals surface area (Å²) in [4.78, 5) is 11.5. The Morgan fingerprint density at radius 3 is 2.67 bits per heavy atom. The van der Waals surface area contributed by atoms with Gasteiger partial charge < -0.3 is 20.5 Å². The molecule has 0 aliphatic heterocycles. The Morgan fingerprint density at radius 1 is 1.19 bits per heavy atom. The number of rotatable bonds is 5. The number of carbonyl (C=O) groups is 1. The number of ether oxygens (including phenoxy) is 2. The molecule has 0 heterocycles.